The molecule has 1 aliphatic heterocycles. The van der Waals surface area contributed by atoms with E-state index < -0.39 is 0 Å². The van der Waals surface area contributed by atoms with E-state index in [0.29, 0.717) is 18.2 Å². The van der Waals surface area contributed by atoms with Crippen molar-refractivity contribution < 1.29 is 4.74 Å². The molecule has 1 saturated heterocycles. The molecule has 0 radical (unpaired) electrons. The number of morpholine rings is 1. The molecule has 3 unspecified atom stereocenters. The molecule has 1 N–H and O–H groups in total. The molecule has 90 valence electrons. The van der Waals surface area contributed by atoms with E-state index in [1.165, 1.54) is 6.42 Å². The van der Waals surface area contributed by atoms with Gasteiger partial charge in [-0.2, -0.15) is 0 Å². The van der Waals surface area contributed by atoms with Gasteiger partial charge in [0, 0.05) is 25.2 Å². The van der Waals surface area contributed by atoms with Crippen LogP contribution in [0.5, 0.6) is 0 Å². The Labute approximate surface area is 94.2 Å². The summed E-state index contributed by atoms with van der Waals surface area (Å²) in [5, 5.41) is 3.49. The minimum Gasteiger partial charge on any atom is -0.376 e. The molecule has 0 aliphatic carbocycles. The van der Waals surface area contributed by atoms with Crippen LogP contribution < -0.4 is 5.32 Å². The molecule has 1 rings (SSSR count). The molecule has 0 amide bonds. The van der Waals surface area contributed by atoms with E-state index >= 15 is 0 Å². The number of hydrogen-bond acceptors (Lipinski definition) is 3. The van der Waals surface area contributed by atoms with E-state index in [1.54, 1.807) is 0 Å². The lowest BCUT2D eigenvalue weighted by molar-refractivity contribution is -0.0629. The van der Waals surface area contributed by atoms with Crippen molar-refractivity contribution in [1.82, 2.24) is 10.2 Å². The zero-order chi connectivity index (χ0) is 11.3. The molecule has 1 heterocycles. The molecule has 0 aromatic carbocycles. The number of ether oxygens (including phenoxy) is 1. The van der Waals surface area contributed by atoms with Crippen molar-refractivity contribution in [2.75, 3.05) is 26.2 Å². The van der Waals surface area contributed by atoms with Gasteiger partial charge in [0.15, 0.2) is 0 Å². The zero-order valence-electron chi connectivity index (χ0n) is 10.6. The summed E-state index contributed by atoms with van der Waals surface area (Å²) in [5.41, 5.74) is 0. The Morgan fingerprint density at radius 3 is 2.87 bits per heavy atom. The topological polar surface area (TPSA) is 24.5 Å². The van der Waals surface area contributed by atoms with Crippen molar-refractivity contribution in [1.29, 1.82) is 0 Å². The third kappa shape index (κ3) is 4.09. The van der Waals surface area contributed by atoms with Gasteiger partial charge in [-0.05, 0) is 33.7 Å². The number of nitrogens with zero attached hydrogens (tertiary/aromatic N) is 1. The highest BCUT2D eigenvalue weighted by molar-refractivity contribution is 4.80. The first-order valence-electron chi connectivity index (χ1n) is 6.23. The van der Waals surface area contributed by atoms with Gasteiger partial charge in [0.2, 0.25) is 0 Å². The third-order valence-electron chi connectivity index (χ3n) is 3.09. The molecular formula is C12H26N2O. The summed E-state index contributed by atoms with van der Waals surface area (Å²) in [6, 6.07) is 1.16. The molecule has 0 aromatic rings. The molecule has 1 fully saturated rings. The maximum absolute atomic E-state index is 5.63. The van der Waals surface area contributed by atoms with Gasteiger partial charge in [0.05, 0.1) is 12.7 Å². The molecule has 3 atom stereocenters. The van der Waals surface area contributed by atoms with E-state index in [9.17, 15) is 0 Å². The molecule has 3 nitrogen and oxygen atoms in total. The fourth-order valence-corrected chi connectivity index (χ4v) is 2.15. The minimum absolute atomic E-state index is 0.384. The minimum atomic E-state index is 0.384. The van der Waals surface area contributed by atoms with Gasteiger partial charge in [-0.1, -0.05) is 6.92 Å². The quantitative estimate of drug-likeness (QED) is 0.702. The Kier molecular flexibility index (Phi) is 5.58. The predicted molar refractivity (Wildman–Crippen MR) is 64.2 cm³/mol. The van der Waals surface area contributed by atoms with Crippen LogP contribution in [-0.2, 0) is 4.74 Å². The van der Waals surface area contributed by atoms with Crippen molar-refractivity contribution in [3.05, 3.63) is 0 Å². The smallest absolute Gasteiger partial charge is 0.0674 e. The van der Waals surface area contributed by atoms with Crippen molar-refractivity contribution in [2.45, 2.75) is 52.3 Å². The largest absolute Gasteiger partial charge is 0.376 e. The molecule has 0 spiro atoms. The van der Waals surface area contributed by atoms with Crippen LogP contribution in [0, 0.1) is 0 Å². The Morgan fingerprint density at radius 2 is 2.20 bits per heavy atom. The van der Waals surface area contributed by atoms with E-state index in [2.05, 4.69) is 37.9 Å². The molecule has 0 saturated carbocycles. The highest BCUT2D eigenvalue weighted by Crippen LogP contribution is 2.14. The summed E-state index contributed by atoms with van der Waals surface area (Å²) in [4.78, 5) is 2.55. The van der Waals surface area contributed by atoms with Gasteiger partial charge < -0.3 is 10.1 Å². The van der Waals surface area contributed by atoms with E-state index in [1.807, 2.05) is 0 Å². The summed E-state index contributed by atoms with van der Waals surface area (Å²) >= 11 is 0. The van der Waals surface area contributed by atoms with Crippen LogP contribution in [0.4, 0.5) is 0 Å². The van der Waals surface area contributed by atoms with Crippen LogP contribution >= 0.6 is 0 Å². The maximum atomic E-state index is 5.63. The first-order valence-corrected chi connectivity index (χ1v) is 6.23. The fourth-order valence-electron chi connectivity index (χ4n) is 2.15. The van der Waals surface area contributed by atoms with Gasteiger partial charge in [0.1, 0.15) is 0 Å². The van der Waals surface area contributed by atoms with Crippen LogP contribution in [0.2, 0.25) is 0 Å². The second kappa shape index (κ2) is 6.46. The second-order valence-corrected chi connectivity index (χ2v) is 4.74. The average Bonchev–Trinajstić information content (AvgIpc) is 2.22. The van der Waals surface area contributed by atoms with E-state index in [4.69, 9.17) is 4.74 Å². The Hall–Kier alpha value is -0.120. The van der Waals surface area contributed by atoms with Gasteiger partial charge in [-0.25, -0.2) is 0 Å². The lowest BCUT2D eigenvalue weighted by Gasteiger charge is -2.40. The first kappa shape index (κ1) is 12.9. The Balaban J connectivity index is 2.32. The van der Waals surface area contributed by atoms with Gasteiger partial charge >= 0.3 is 0 Å². The van der Waals surface area contributed by atoms with E-state index in [0.717, 1.165) is 26.2 Å². The van der Waals surface area contributed by atoms with Crippen molar-refractivity contribution >= 4 is 0 Å². The SMILES string of the molecule is CCCNCC(C)N1CC(C)OCC1C. The van der Waals surface area contributed by atoms with Crippen LogP contribution in [-0.4, -0.2) is 49.3 Å². The van der Waals surface area contributed by atoms with Crippen LogP contribution in [0.1, 0.15) is 34.1 Å². The summed E-state index contributed by atoms with van der Waals surface area (Å²) in [7, 11) is 0. The van der Waals surface area contributed by atoms with Crippen molar-refractivity contribution in [3.63, 3.8) is 0 Å². The molecule has 3 heteroatoms. The predicted octanol–water partition coefficient (Wildman–Crippen LogP) is 1.48. The molecule has 0 bridgehead atoms. The van der Waals surface area contributed by atoms with Gasteiger partial charge in [0.25, 0.3) is 0 Å². The Morgan fingerprint density at radius 1 is 1.47 bits per heavy atom. The first-order chi connectivity index (χ1) is 7.15. The molecule has 0 aromatic heterocycles. The third-order valence-corrected chi connectivity index (χ3v) is 3.09. The standard InChI is InChI=1S/C12H26N2O/c1-5-6-13-7-10(2)14-8-12(4)15-9-11(14)3/h10-13H,5-9H2,1-4H3. The second-order valence-electron chi connectivity index (χ2n) is 4.74. The summed E-state index contributed by atoms with van der Waals surface area (Å²) in [6.45, 7) is 13.1. The summed E-state index contributed by atoms with van der Waals surface area (Å²) < 4.78 is 5.63. The Bertz CT molecular complexity index is 175. The fraction of sp³-hybridized carbons (Fsp3) is 1.00. The molecule has 1 aliphatic rings. The number of rotatable bonds is 5. The lowest BCUT2D eigenvalue weighted by Crippen LogP contribution is -2.53. The number of nitrogens with one attached hydrogen (secondary N) is 1. The zero-order valence-corrected chi connectivity index (χ0v) is 10.6. The van der Waals surface area contributed by atoms with Crippen LogP contribution in [0.25, 0.3) is 0 Å². The lowest BCUT2D eigenvalue weighted by atomic mass is 10.1. The van der Waals surface area contributed by atoms with Gasteiger partial charge in [-0.15, -0.1) is 0 Å². The van der Waals surface area contributed by atoms with Crippen LogP contribution in [0.3, 0.4) is 0 Å². The molecule has 15 heavy (non-hydrogen) atoms. The maximum Gasteiger partial charge on any atom is 0.0674 e. The van der Waals surface area contributed by atoms with Crippen molar-refractivity contribution in [2.24, 2.45) is 0 Å². The highest BCUT2D eigenvalue weighted by Gasteiger charge is 2.26. The monoisotopic (exact) mass is 214 g/mol. The summed E-state index contributed by atoms with van der Waals surface area (Å²) in [5.74, 6) is 0. The molecular weight excluding hydrogens is 188 g/mol. The van der Waals surface area contributed by atoms with Crippen molar-refractivity contribution in [3.8, 4) is 0 Å². The number of hydrogen-bond donors (Lipinski definition) is 1. The highest BCUT2D eigenvalue weighted by atomic mass is 16.5. The van der Waals surface area contributed by atoms with Crippen LogP contribution in [0.15, 0.2) is 0 Å². The normalized spacial score (nSPS) is 30.4. The average molecular weight is 214 g/mol. The van der Waals surface area contributed by atoms with E-state index in [-0.39, 0.29) is 0 Å². The van der Waals surface area contributed by atoms with Gasteiger partial charge in [-0.3, -0.25) is 4.90 Å². The summed E-state index contributed by atoms with van der Waals surface area (Å²) in [6.07, 6.45) is 1.59.